The molecule has 6 saturated heterocycles. The summed E-state index contributed by atoms with van der Waals surface area (Å²) in [5.74, 6) is -62.2. The molecule has 0 radical (unpaired) electrons. The Morgan fingerprint density at radius 1 is 0.321 bits per heavy atom. The van der Waals surface area contributed by atoms with Gasteiger partial charge >= 0.3 is 0 Å². The number of hydrogen-bond donors (Lipinski definition) is 2. The van der Waals surface area contributed by atoms with E-state index in [2.05, 4.69) is 19.9 Å². The lowest BCUT2D eigenvalue weighted by Gasteiger charge is -2.33. The topological polar surface area (TPSA) is 156 Å². The first-order valence-electron chi connectivity index (χ1n) is 34.2. The molecule has 0 spiro atoms. The quantitative estimate of drug-likeness (QED) is 0.0677. The number of hydroxylamine groups is 4. The van der Waals surface area contributed by atoms with Crippen LogP contribution in [0.1, 0.15) is 85.6 Å². The summed E-state index contributed by atoms with van der Waals surface area (Å²) in [6, 6.07) is 14.2. The van der Waals surface area contributed by atoms with Crippen molar-refractivity contribution >= 4 is 22.1 Å². The second kappa shape index (κ2) is 27.1. The van der Waals surface area contributed by atoms with Crippen LogP contribution in [-0.4, -0.2) is 117 Å². The van der Waals surface area contributed by atoms with E-state index in [1.165, 1.54) is 76.2 Å². The lowest BCUT2D eigenvalue weighted by atomic mass is 9.82. The number of aromatic nitrogens is 4. The van der Waals surface area contributed by atoms with Gasteiger partial charge in [0.1, 0.15) is 48.8 Å². The number of nitrogens with one attached hydrogen (secondary N) is 2. The summed E-state index contributed by atoms with van der Waals surface area (Å²) in [4.78, 5) is 28.0. The average molecular weight is 1590 g/mol. The maximum absolute atomic E-state index is 17.8. The molecular weight excluding hydrogens is 1540 g/mol. The summed E-state index contributed by atoms with van der Waals surface area (Å²) < 4.78 is 387. The standard InChI is InChI=1S/C76H52F20N6O10/c1-75(2)107-69-67(105-73(103-5)71(69)109-75)63-37-59-29(33-39(77)47(85)55(93)48(86)40(33)78)25-17-19-28(97-25)32(36-45(83)53(91)58(96)54(92)46(36)84)62-66-38(64(102(112-66)22-24-15-11-8-12-16-24)68-70-72(74(104-6)106-68)110-76(3,4)108-70)60(100-62)30(34-41(79)49(87)56(94)50(88)42(34)80)26-18-20-27(98-26)31(35-43(81)51(89)57(95)52(90)44(35)82)61(99-59)65(37)111-101(63)21-23-13-9-7-10-14-23/h7-20,37-38,63-74,97-98H,21-22H2,1-6H3/t37-,38-,63+,64+,65+,66+,67-,68-,69-,70-,71-,72-,73-,74-/m1/s1. The Labute approximate surface area is 617 Å². The van der Waals surface area contributed by atoms with Crippen LogP contribution in [0.4, 0.5) is 87.8 Å². The molecule has 0 amide bonds. The monoisotopic (exact) mass is 1590 g/mol. The summed E-state index contributed by atoms with van der Waals surface area (Å²) in [6.45, 7) is 4.72. The maximum atomic E-state index is 17.8. The minimum atomic E-state index is -2.80. The third kappa shape index (κ3) is 11.3. The van der Waals surface area contributed by atoms with Crippen molar-refractivity contribution < 1.29 is 135 Å². The molecular formula is C76H52F20N6O10. The van der Waals surface area contributed by atoms with Gasteiger partial charge in [-0.15, -0.1) is 0 Å². The van der Waals surface area contributed by atoms with Gasteiger partial charge in [-0.2, -0.15) is 10.1 Å². The van der Waals surface area contributed by atoms with Crippen molar-refractivity contribution in [1.82, 2.24) is 30.1 Å². The average Bonchev–Trinajstić information content (AvgIpc) is 1.54. The molecule has 17 rings (SSSR count). The molecule has 16 nitrogen and oxygen atoms in total. The molecule has 11 heterocycles. The highest BCUT2D eigenvalue weighted by Crippen LogP contribution is 2.61. The number of H-pyrrole nitrogens is 2. The molecule has 36 heteroatoms. The molecule has 9 aromatic rings. The molecule has 14 atom stereocenters. The first-order chi connectivity index (χ1) is 53.3. The van der Waals surface area contributed by atoms with E-state index in [0.29, 0.717) is 24.3 Å². The SMILES string of the molecule is CO[C@@H]1O[C@H]([C@@H]2[C@H]3c4nc(c(-c5c(F)c(F)c(F)c(F)c5F)c5ccc([nH]5)c(-c5c(F)c(F)c(F)c(F)c5F)c5nc(c(-c6c(F)c(F)c(F)c(F)c6F)c6ccc([nH]6)c4-c4c(F)c(F)c(F)c(F)c4F)[C@H]4ON(Cc6ccccc6)[C@H]([C@H]6O[C@@H](OC)[C@@H]7OC(C)(C)O[C@@H]76)[C@@H]54)[C@H]3ON2Cc2ccccc2)[C@H]2OC(C)(C)O[C@@H]12. The lowest BCUT2D eigenvalue weighted by Crippen LogP contribution is -2.47. The first-order valence-corrected chi connectivity index (χ1v) is 34.2. The Bertz CT molecular complexity index is 5180. The number of aromatic amines is 2. The number of rotatable bonds is 12. The smallest absolute Gasteiger partial charge is 0.200 e. The predicted molar refractivity (Wildman–Crippen MR) is 346 cm³/mol. The number of ether oxygens (including phenoxy) is 8. The zero-order valence-corrected chi connectivity index (χ0v) is 58.0. The van der Waals surface area contributed by atoms with E-state index < -0.39 is 316 Å². The van der Waals surface area contributed by atoms with Gasteiger partial charge in [0.05, 0.1) is 68.9 Å². The highest BCUT2D eigenvalue weighted by molar-refractivity contribution is 5.94. The lowest BCUT2D eigenvalue weighted by molar-refractivity contribution is -0.247. The van der Waals surface area contributed by atoms with Crippen LogP contribution >= 0.6 is 0 Å². The number of hydrogen-bond acceptors (Lipinski definition) is 14. The van der Waals surface area contributed by atoms with Crippen molar-refractivity contribution in [2.24, 2.45) is 0 Å². The van der Waals surface area contributed by atoms with E-state index in [0.717, 1.165) is 24.3 Å². The Balaban J connectivity index is 1.11. The van der Waals surface area contributed by atoms with Gasteiger partial charge in [0.2, 0.25) is 23.3 Å². The van der Waals surface area contributed by atoms with Crippen molar-refractivity contribution in [2.45, 2.75) is 138 Å². The maximum Gasteiger partial charge on any atom is 0.200 e. The Hall–Kier alpha value is -9.44. The second-order valence-electron chi connectivity index (χ2n) is 28.4. The third-order valence-electron chi connectivity index (χ3n) is 21.1. The molecule has 8 aliphatic heterocycles. The minimum absolute atomic E-state index is 0.284. The van der Waals surface area contributed by atoms with E-state index >= 15 is 87.8 Å². The number of nitrogens with zero attached hydrogens (tertiary/aromatic N) is 4. The first kappa shape index (κ1) is 75.3. The molecule has 8 bridgehead atoms. The van der Waals surface area contributed by atoms with Gasteiger partial charge < -0.3 is 47.9 Å². The molecule has 6 fully saturated rings. The van der Waals surface area contributed by atoms with Gasteiger partial charge in [-0.25, -0.2) is 87.8 Å². The van der Waals surface area contributed by atoms with Crippen LogP contribution in [0.5, 0.6) is 0 Å². The molecule has 3 aromatic heterocycles. The molecule has 0 saturated carbocycles. The van der Waals surface area contributed by atoms with Crippen LogP contribution in [0.3, 0.4) is 0 Å². The van der Waals surface area contributed by atoms with E-state index in [9.17, 15) is 0 Å². The van der Waals surface area contributed by atoms with Crippen LogP contribution in [0.2, 0.25) is 0 Å². The number of benzene rings is 6. The summed E-state index contributed by atoms with van der Waals surface area (Å²) >= 11 is 0. The molecule has 2 N–H and O–H groups in total. The fourth-order valence-electron chi connectivity index (χ4n) is 16.6. The normalized spacial score (nSPS) is 26.4. The summed E-state index contributed by atoms with van der Waals surface area (Å²) in [7, 11) is 2.31. The van der Waals surface area contributed by atoms with Crippen molar-refractivity contribution in [3.8, 4) is 44.5 Å². The largest absolute Gasteiger partial charge is 0.354 e. The van der Waals surface area contributed by atoms with Crippen LogP contribution in [0.15, 0.2) is 84.9 Å². The van der Waals surface area contributed by atoms with Gasteiger partial charge in [-0.1, -0.05) is 60.7 Å². The van der Waals surface area contributed by atoms with E-state index in [-0.39, 0.29) is 11.1 Å². The van der Waals surface area contributed by atoms with Gasteiger partial charge in [0, 0.05) is 71.6 Å². The van der Waals surface area contributed by atoms with Crippen molar-refractivity contribution in [2.75, 3.05) is 14.2 Å². The number of fused-ring (bicyclic) bond motifs is 16. The zero-order valence-electron chi connectivity index (χ0n) is 58.0. The molecule has 112 heavy (non-hydrogen) atoms. The van der Waals surface area contributed by atoms with Gasteiger partial charge in [0.15, 0.2) is 117 Å². The number of halogens is 20. The van der Waals surface area contributed by atoms with Crippen LogP contribution in [0.25, 0.3) is 66.6 Å². The van der Waals surface area contributed by atoms with E-state index in [1.807, 2.05) is 0 Å². The highest BCUT2D eigenvalue weighted by Gasteiger charge is 2.67. The van der Waals surface area contributed by atoms with Gasteiger partial charge in [-0.05, 0) is 63.1 Å². The van der Waals surface area contributed by atoms with Crippen molar-refractivity contribution in [1.29, 1.82) is 0 Å². The van der Waals surface area contributed by atoms with E-state index in [4.69, 9.17) is 47.6 Å². The van der Waals surface area contributed by atoms with Crippen LogP contribution in [0, 0.1) is 116 Å². The van der Waals surface area contributed by atoms with E-state index in [1.54, 1.807) is 12.1 Å². The Morgan fingerprint density at radius 3 is 0.839 bits per heavy atom. The molecule has 6 aromatic carbocycles. The predicted octanol–water partition coefficient (Wildman–Crippen LogP) is 16.8. The third-order valence-corrected chi connectivity index (χ3v) is 21.1. The van der Waals surface area contributed by atoms with Crippen LogP contribution < -0.4 is 0 Å². The van der Waals surface area contributed by atoms with Crippen molar-refractivity contribution in [3.63, 3.8) is 0 Å². The summed E-state index contributed by atoms with van der Waals surface area (Å²) in [5, 5.41) is 2.08. The molecule has 0 aliphatic carbocycles. The highest BCUT2D eigenvalue weighted by atomic mass is 19.2. The molecule has 0 unspecified atom stereocenters. The Morgan fingerprint density at radius 2 is 0.571 bits per heavy atom. The van der Waals surface area contributed by atoms with Gasteiger partial charge in [-0.3, -0.25) is 19.6 Å². The summed E-state index contributed by atoms with van der Waals surface area (Å²) in [5.41, 5.74) is -22.1. The summed E-state index contributed by atoms with van der Waals surface area (Å²) in [6.07, 6.45) is -16.5. The second-order valence-corrected chi connectivity index (χ2v) is 28.4. The van der Waals surface area contributed by atoms with Crippen LogP contribution in [-0.2, 0) is 60.7 Å². The van der Waals surface area contributed by atoms with Gasteiger partial charge in [0.25, 0.3) is 0 Å². The zero-order chi connectivity index (χ0) is 79.4. The number of methoxy groups -OCH3 is 2. The van der Waals surface area contributed by atoms with Crippen molar-refractivity contribution in [3.05, 3.63) is 235 Å². The fourth-order valence-corrected chi connectivity index (χ4v) is 16.6. The molecule has 8 aliphatic rings. The Kier molecular flexibility index (Phi) is 18.2. The minimum Gasteiger partial charge on any atom is -0.354 e. The fraction of sp³-hybridized carbons (Fsp3) is 0.316. The molecule has 586 valence electrons.